The zero-order chi connectivity index (χ0) is 17.6. The predicted molar refractivity (Wildman–Crippen MR) is 96.7 cm³/mol. The van der Waals surface area contributed by atoms with Crippen molar-refractivity contribution < 1.29 is 19.5 Å². The van der Waals surface area contributed by atoms with Crippen molar-refractivity contribution >= 4 is 5.71 Å². The molecule has 2 N–H and O–H groups in total. The van der Waals surface area contributed by atoms with Crippen LogP contribution < -0.4 is 4.74 Å². The Morgan fingerprint density at radius 1 is 1.20 bits per heavy atom. The number of nitrogens with zero attached hydrogens (tertiary/aromatic N) is 1. The minimum atomic E-state index is 0.0878. The monoisotopic (exact) mass is 338 g/mol. The van der Waals surface area contributed by atoms with Gasteiger partial charge in [-0.05, 0) is 28.8 Å². The molecule has 0 fully saturated rings. The molecular weight excluding hydrogens is 314 g/mol. The number of ether oxygens (including phenoxy) is 1. The Hall–Kier alpha value is -2.33. The molecule has 2 aliphatic heterocycles. The zero-order valence-electron chi connectivity index (χ0n) is 14.7. The standard InChI is InChI=1S/C21H23NO3/c1-3-18-17-11-21(25-2)20(24)10-15(17)9-19-16-5-4-13(12-23)8-14(16)6-7-22(18)19/h4-5,8,10-11,19,23H,3,6-7,9,12H2,1-2H3/p+1/t19-/m0/s1. The van der Waals surface area contributed by atoms with E-state index >= 15 is 0 Å². The highest BCUT2D eigenvalue weighted by Gasteiger charge is 2.38. The summed E-state index contributed by atoms with van der Waals surface area (Å²) in [7, 11) is 1.59. The summed E-state index contributed by atoms with van der Waals surface area (Å²) in [6, 6.07) is 10.5. The number of phenolic OH excluding ortho intramolecular Hbond substituents is 1. The van der Waals surface area contributed by atoms with E-state index in [1.807, 2.05) is 18.2 Å². The summed E-state index contributed by atoms with van der Waals surface area (Å²) in [4.78, 5) is 0. The lowest BCUT2D eigenvalue weighted by Crippen LogP contribution is -2.37. The van der Waals surface area contributed by atoms with Crippen LogP contribution >= 0.6 is 0 Å². The first-order chi connectivity index (χ1) is 12.2. The lowest BCUT2D eigenvalue weighted by Gasteiger charge is -2.31. The van der Waals surface area contributed by atoms with Crippen LogP contribution in [0.1, 0.15) is 47.2 Å². The summed E-state index contributed by atoms with van der Waals surface area (Å²) >= 11 is 0. The van der Waals surface area contributed by atoms with Gasteiger partial charge in [0.2, 0.25) is 0 Å². The smallest absolute Gasteiger partial charge is 0.183 e. The summed E-state index contributed by atoms with van der Waals surface area (Å²) in [5.74, 6) is 0.741. The van der Waals surface area contributed by atoms with E-state index in [0.717, 1.165) is 31.4 Å². The Balaban J connectivity index is 1.87. The van der Waals surface area contributed by atoms with E-state index in [1.54, 1.807) is 7.11 Å². The number of benzene rings is 2. The van der Waals surface area contributed by atoms with E-state index in [1.165, 1.54) is 28.0 Å². The van der Waals surface area contributed by atoms with Gasteiger partial charge >= 0.3 is 0 Å². The molecule has 0 bridgehead atoms. The predicted octanol–water partition coefficient (Wildman–Crippen LogP) is 2.96. The normalized spacial score (nSPS) is 18.4. The van der Waals surface area contributed by atoms with Gasteiger partial charge in [0.1, 0.15) is 6.54 Å². The number of hydrogen-bond acceptors (Lipinski definition) is 3. The summed E-state index contributed by atoms with van der Waals surface area (Å²) in [6.45, 7) is 3.26. The molecule has 4 heteroatoms. The summed E-state index contributed by atoms with van der Waals surface area (Å²) in [5, 5.41) is 19.6. The van der Waals surface area contributed by atoms with E-state index in [-0.39, 0.29) is 12.4 Å². The highest BCUT2D eigenvalue weighted by molar-refractivity contribution is 5.99. The molecule has 0 aliphatic carbocycles. The summed E-state index contributed by atoms with van der Waals surface area (Å²) in [6.07, 6.45) is 2.82. The average Bonchev–Trinajstić information content (AvgIpc) is 2.64. The maximum absolute atomic E-state index is 10.2. The number of rotatable bonds is 3. The molecule has 2 aliphatic rings. The van der Waals surface area contributed by atoms with E-state index in [4.69, 9.17) is 4.74 Å². The number of fused-ring (bicyclic) bond motifs is 4. The van der Waals surface area contributed by atoms with Crippen molar-refractivity contribution in [3.8, 4) is 11.5 Å². The van der Waals surface area contributed by atoms with Gasteiger partial charge in [0.05, 0.1) is 13.7 Å². The average molecular weight is 338 g/mol. The quantitative estimate of drug-likeness (QED) is 0.846. The number of phenols is 1. The molecule has 4 rings (SSSR count). The minimum Gasteiger partial charge on any atom is -0.504 e. The molecule has 0 radical (unpaired) electrons. The number of aliphatic hydroxyl groups excluding tert-OH is 1. The van der Waals surface area contributed by atoms with Gasteiger partial charge in [-0.1, -0.05) is 25.1 Å². The third-order valence-corrected chi connectivity index (χ3v) is 5.56. The van der Waals surface area contributed by atoms with E-state index < -0.39 is 0 Å². The molecule has 0 unspecified atom stereocenters. The largest absolute Gasteiger partial charge is 0.504 e. The van der Waals surface area contributed by atoms with Gasteiger partial charge < -0.3 is 14.9 Å². The van der Waals surface area contributed by atoms with Crippen LogP contribution in [0.25, 0.3) is 0 Å². The molecule has 130 valence electrons. The highest BCUT2D eigenvalue weighted by atomic mass is 16.5. The highest BCUT2D eigenvalue weighted by Crippen LogP contribution is 2.39. The van der Waals surface area contributed by atoms with Gasteiger partial charge in [0.25, 0.3) is 0 Å². The molecule has 0 saturated heterocycles. The Bertz CT molecular complexity index is 870. The van der Waals surface area contributed by atoms with Crippen molar-refractivity contribution in [3.05, 3.63) is 58.1 Å². The second-order valence-electron chi connectivity index (χ2n) is 6.84. The number of methoxy groups -OCH3 is 1. The van der Waals surface area contributed by atoms with Crippen LogP contribution in [0.15, 0.2) is 30.3 Å². The molecule has 0 spiro atoms. The molecule has 2 aromatic rings. The van der Waals surface area contributed by atoms with E-state index in [9.17, 15) is 10.2 Å². The van der Waals surface area contributed by atoms with Crippen LogP contribution in [0.4, 0.5) is 0 Å². The molecule has 0 saturated carbocycles. The fourth-order valence-electron chi connectivity index (χ4n) is 4.38. The first kappa shape index (κ1) is 16.2. The molecule has 25 heavy (non-hydrogen) atoms. The second-order valence-corrected chi connectivity index (χ2v) is 6.84. The van der Waals surface area contributed by atoms with E-state index in [2.05, 4.69) is 23.6 Å². The van der Waals surface area contributed by atoms with Crippen molar-refractivity contribution in [1.29, 1.82) is 0 Å². The lowest BCUT2D eigenvalue weighted by molar-refractivity contribution is -0.578. The SMILES string of the molecule is CCC1=[N+]2CCc3cc(CO)ccc3[C@@H]2Cc2cc(O)c(OC)cc21. The number of hydrogen-bond donors (Lipinski definition) is 2. The van der Waals surface area contributed by atoms with Crippen LogP contribution in [-0.4, -0.2) is 34.2 Å². The van der Waals surface area contributed by atoms with Gasteiger partial charge in [-0.25, -0.2) is 4.58 Å². The number of aromatic hydroxyl groups is 1. The molecular formula is C21H24NO3+. The maximum atomic E-state index is 10.2. The van der Waals surface area contributed by atoms with Gasteiger partial charge in [-0.2, -0.15) is 0 Å². The van der Waals surface area contributed by atoms with Crippen LogP contribution in [0.2, 0.25) is 0 Å². The Kier molecular flexibility index (Phi) is 4.00. The van der Waals surface area contributed by atoms with Crippen molar-refractivity contribution in [3.63, 3.8) is 0 Å². The van der Waals surface area contributed by atoms with Crippen LogP contribution in [0.5, 0.6) is 11.5 Å². The summed E-state index contributed by atoms with van der Waals surface area (Å²) < 4.78 is 7.83. The Morgan fingerprint density at radius 3 is 2.76 bits per heavy atom. The Morgan fingerprint density at radius 2 is 2.04 bits per heavy atom. The first-order valence-corrected chi connectivity index (χ1v) is 8.91. The van der Waals surface area contributed by atoms with Crippen molar-refractivity contribution in [1.82, 2.24) is 0 Å². The molecule has 0 aromatic heterocycles. The van der Waals surface area contributed by atoms with Crippen molar-refractivity contribution in [2.75, 3.05) is 13.7 Å². The third kappa shape index (κ3) is 2.52. The van der Waals surface area contributed by atoms with Crippen LogP contribution in [0, 0.1) is 0 Å². The zero-order valence-corrected chi connectivity index (χ0v) is 14.7. The second kappa shape index (κ2) is 6.19. The molecule has 2 heterocycles. The molecule has 4 nitrogen and oxygen atoms in total. The van der Waals surface area contributed by atoms with Gasteiger partial charge in [0, 0.05) is 30.4 Å². The fraction of sp³-hybridized carbons (Fsp3) is 0.381. The summed E-state index contributed by atoms with van der Waals surface area (Å²) in [5.41, 5.74) is 7.35. The lowest BCUT2D eigenvalue weighted by atomic mass is 9.83. The molecule has 1 atom stereocenters. The fourth-order valence-corrected chi connectivity index (χ4v) is 4.38. The van der Waals surface area contributed by atoms with Crippen molar-refractivity contribution in [2.45, 2.75) is 38.8 Å². The van der Waals surface area contributed by atoms with Gasteiger partial charge in [-0.3, -0.25) is 0 Å². The van der Waals surface area contributed by atoms with E-state index in [0.29, 0.717) is 11.8 Å². The van der Waals surface area contributed by atoms with Crippen LogP contribution in [-0.2, 0) is 19.4 Å². The minimum absolute atomic E-state index is 0.0878. The molecule has 0 amide bonds. The number of aliphatic hydroxyl groups is 1. The van der Waals surface area contributed by atoms with Crippen molar-refractivity contribution in [2.24, 2.45) is 0 Å². The Labute approximate surface area is 148 Å². The third-order valence-electron chi connectivity index (χ3n) is 5.56. The maximum Gasteiger partial charge on any atom is 0.183 e. The first-order valence-electron chi connectivity index (χ1n) is 8.91. The van der Waals surface area contributed by atoms with Crippen LogP contribution in [0.3, 0.4) is 0 Å². The molecule has 2 aromatic carbocycles. The van der Waals surface area contributed by atoms with Gasteiger partial charge in [-0.15, -0.1) is 0 Å². The van der Waals surface area contributed by atoms with Gasteiger partial charge in [0.15, 0.2) is 23.3 Å². The topological polar surface area (TPSA) is 52.7 Å².